The molecule has 0 bridgehead atoms. The second kappa shape index (κ2) is 7.49. The Bertz CT molecular complexity index is 751. The SMILES string of the molecule is O=C(O)C1(C(=O)NCc2cccc(-c3ccccc3)c2)CCOCC1. The van der Waals surface area contributed by atoms with Crippen LogP contribution < -0.4 is 5.32 Å². The van der Waals surface area contributed by atoms with E-state index in [-0.39, 0.29) is 12.8 Å². The highest BCUT2D eigenvalue weighted by atomic mass is 16.5. The van der Waals surface area contributed by atoms with Crippen molar-refractivity contribution in [1.82, 2.24) is 5.32 Å². The molecule has 5 nitrogen and oxygen atoms in total. The minimum Gasteiger partial charge on any atom is -0.480 e. The number of nitrogens with one attached hydrogen (secondary N) is 1. The van der Waals surface area contributed by atoms with Gasteiger partial charge in [0.1, 0.15) is 0 Å². The molecule has 2 aromatic carbocycles. The number of aliphatic carboxylic acids is 1. The van der Waals surface area contributed by atoms with Crippen LogP contribution in [0, 0.1) is 5.41 Å². The first-order chi connectivity index (χ1) is 12.1. The molecule has 0 atom stereocenters. The summed E-state index contributed by atoms with van der Waals surface area (Å²) >= 11 is 0. The smallest absolute Gasteiger partial charge is 0.319 e. The molecule has 5 heteroatoms. The second-order valence-corrected chi connectivity index (χ2v) is 6.25. The summed E-state index contributed by atoms with van der Waals surface area (Å²) < 4.78 is 5.21. The van der Waals surface area contributed by atoms with E-state index in [1.54, 1.807) is 0 Å². The fraction of sp³-hybridized carbons (Fsp3) is 0.300. The van der Waals surface area contributed by atoms with Gasteiger partial charge in [0.25, 0.3) is 0 Å². The molecule has 1 aliphatic heterocycles. The van der Waals surface area contributed by atoms with Crippen LogP contribution in [0.4, 0.5) is 0 Å². The Morgan fingerprint density at radius 1 is 1.00 bits per heavy atom. The lowest BCUT2D eigenvalue weighted by Gasteiger charge is -2.31. The van der Waals surface area contributed by atoms with Crippen molar-refractivity contribution in [2.75, 3.05) is 13.2 Å². The van der Waals surface area contributed by atoms with E-state index in [9.17, 15) is 14.7 Å². The lowest BCUT2D eigenvalue weighted by Crippen LogP contribution is -2.49. The number of hydrogen-bond donors (Lipinski definition) is 2. The molecule has 0 saturated carbocycles. The van der Waals surface area contributed by atoms with Gasteiger partial charge >= 0.3 is 5.97 Å². The Balaban J connectivity index is 1.71. The van der Waals surface area contributed by atoms with E-state index in [0.29, 0.717) is 19.8 Å². The molecule has 25 heavy (non-hydrogen) atoms. The second-order valence-electron chi connectivity index (χ2n) is 6.25. The third-order valence-electron chi connectivity index (χ3n) is 4.68. The summed E-state index contributed by atoms with van der Waals surface area (Å²) in [5.41, 5.74) is 1.71. The van der Waals surface area contributed by atoms with E-state index in [1.807, 2.05) is 54.6 Å². The number of carbonyl (C=O) groups excluding carboxylic acids is 1. The van der Waals surface area contributed by atoms with Gasteiger partial charge in [-0.15, -0.1) is 0 Å². The molecular formula is C20H21NO4. The fourth-order valence-corrected chi connectivity index (χ4v) is 3.10. The van der Waals surface area contributed by atoms with Gasteiger partial charge in [0, 0.05) is 19.8 Å². The summed E-state index contributed by atoms with van der Waals surface area (Å²) in [6.07, 6.45) is 0.413. The summed E-state index contributed by atoms with van der Waals surface area (Å²) in [5.74, 6) is -1.51. The van der Waals surface area contributed by atoms with Gasteiger partial charge in [-0.2, -0.15) is 0 Å². The van der Waals surface area contributed by atoms with Gasteiger partial charge < -0.3 is 15.2 Å². The zero-order valence-corrected chi connectivity index (χ0v) is 13.9. The quantitative estimate of drug-likeness (QED) is 0.822. The molecule has 2 N–H and O–H groups in total. The van der Waals surface area contributed by atoms with Crippen molar-refractivity contribution in [2.45, 2.75) is 19.4 Å². The van der Waals surface area contributed by atoms with Crippen molar-refractivity contribution in [1.29, 1.82) is 0 Å². The van der Waals surface area contributed by atoms with E-state index < -0.39 is 17.3 Å². The number of hydrogen-bond acceptors (Lipinski definition) is 3. The summed E-state index contributed by atoms with van der Waals surface area (Å²) in [6.45, 7) is 0.891. The number of amides is 1. The fourth-order valence-electron chi connectivity index (χ4n) is 3.10. The van der Waals surface area contributed by atoms with Crippen LogP contribution in [0.5, 0.6) is 0 Å². The van der Waals surface area contributed by atoms with Crippen LogP contribution in [0.1, 0.15) is 18.4 Å². The molecule has 0 radical (unpaired) electrons. The zero-order chi connectivity index (χ0) is 17.7. The Kier molecular flexibility index (Phi) is 5.14. The van der Waals surface area contributed by atoms with E-state index in [1.165, 1.54) is 0 Å². The maximum Gasteiger partial charge on any atom is 0.319 e. The van der Waals surface area contributed by atoms with Crippen LogP contribution in [0.15, 0.2) is 54.6 Å². The van der Waals surface area contributed by atoms with Gasteiger partial charge in [0.15, 0.2) is 5.41 Å². The minimum absolute atomic E-state index is 0.207. The predicted octanol–water partition coefficient (Wildman–Crippen LogP) is 2.85. The summed E-state index contributed by atoms with van der Waals surface area (Å²) in [4.78, 5) is 24.2. The maximum atomic E-state index is 12.5. The number of carboxylic acid groups (broad SMARTS) is 1. The first-order valence-electron chi connectivity index (χ1n) is 8.36. The summed E-state index contributed by atoms with van der Waals surface area (Å²) in [7, 11) is 0. The molecule has 1 saturated heterocycles. The Hall–Kier alpha value is -2.66. The van der Waals surface area contributed by atoms with E-state index in [0.717, 1.165) is 16.7 Å². The topological polar surface area (TPSA) is 75.6 Å². The van der Waals surface area contributed by atoms with Crippen molar-refractivity contribution in [2.24, 2.45) is 5.41 Å². The molecule has 0 aromatic heterocycles. The molecule has 1 aliphatic rings. The van der Waals surface area contributed by atoms with E-state index >= 15 is 0 Å². The number of carboxylic acids is 1. The third kappa shape index (κ3) is 3.72. The summed E-state index contributed by atoms with van der Waals surface area (Å²) in [6, 6.07) is 17.8. The normalized spacial score (nSPS) is 16.2. The molecule has 0 spiro atoms. The average molecular weight is 339 g/mol. The van der Waals surface area contributed by atoms with Crippen LogP contribution in [0.25, 0.3) is 11.1 Å². The largest absolute Gasteiger partial charge is 0.480 e. The molecule has 0 aliphatic carbocycles. The monoisotopic (exact) mass is 339 g/mol. The number of benzene rings is 2. The Morgan fingerprint density at radius 3 is 2.36 bits per heavy atom. The van der Waals surface area contributed by atoms with Crippen LogP contribution >= 0.6 is 0 Å². The Morgan fingerprint density at radius 2 is 1.68 bits per heavy atom. The van der Waals surface area contributed by atoms with Crippen LogP contribution in [0.3, 0.4) is 0 Å². The minimum atomic E-state index is -1.38. The van der Waals surface area contributed by atoms with Gasteiger partial charge in [-0.1, -0.05) is 48.5 Å². The number of carbonyl (C=O) groups is 2. The zero-order valence-electron chi connectivity index (χ0n) is 13.9. The van der Waals surface area contributed by atoms with Crippen LogP contribution in [-0.2, 0) is 20.9 Å². The van der Waals surface area contributed by atoms with Crippen LogP contribution in [0.2, 0.25) is 0 Å². The van der Waals surface area contributed by atoms with Crippen molar-refractivity contribution in [3.8, 4) is 11.1 Å². The predicted molar refractivity (Wildman–Crippen MR) is 93.8 cm³/mol. The highest BCUT2D eigenvalue weighted by Crippen LogP contribution is 2.31. The number of rotatable bonds is 5. The first-order valence-corrected chi connectivity index (χ1v) is 8.36. The molecule has 1 amide bonds. The molecule has 1 heterocycles. The maximum absolute atomic E-state index is 12.5. The third-order valence-corrected chi connectivity index (χ3v) is 4.68. The molecule has 0 unspecified atom stereocenters. The lowest BCUT2D eigenvalue weighted by atomic mass is 9.79. The van der Waals surface area contributed by atoms with E-state index in [2.05, 4.69) is 5.32 Å². The molecular weight excluding hydrogens is 318 g/mol. The van der Waals surface area contributed by atoms with Crippen molar-refractivity contribution in [3.05, 3.63) is 60.2 Å². The van der Waals surface area contributed by atoms with Gasteiger partial charge in [0.05, 0.1) is 0 Å². The average Bonchev–Trinajstić information content (AvgIpc) is 2.67. The van der Waals surface area contributed by atoms with Crippen molar-refractivity contribution >= 4 is 11.9 Å². The van der Waals surface area contributed by atoms with Gasteiger partial charge in [0.2, 0.25) is 5.91 Å². The van der Waals surface area contributed by atoms with Crippen LogP contribution in [-0.4, -0.2) is 30.2 Å². The summed E-state index contributed by atoms with van der Waals surface area (Å²) in [5, 5.41) is 12.3. The standard InChI is InChI=1S/C20H21NO4/c22-18(20(19(23)24)9-11-25-12-10-20)21-14-15-5-4-8-17(13-15)16-6-2-1-3-7-16/h1-8,13H,9-12,14H2,(H,21,22)(H,23,24). The number of ether oxygens (including phenoxy) is 1. The highest BCUT2D eigenvalue weighted by molar-refractivity contribution is 6.02. The van der Waals surface area contributed by atoms with Gasteiger partial charge in [-0.25, -0.2) is 0 Å². The molecule has 2 aromatic rings. The Labute approximate surface area is 146 Å². The van der Waals surface area contributed by atoms with Gasteiger partial charge in [-0.05, 0) is 35.6 Å². The van der Waals surface area contributed by atoms with Crippen molar-refractivity contribution < 1.29 is 19.4 Å². The molecule has 3 rings (SSSR count). The van der Waals surface area contributed by atoms with E-state index in [4.69, 9.17) is 4.74 Å². The molecule has 130 valence electrons. The lowest BCUT2D eigenvalue weighted by molar-refractivity contribution is -0.162. The first kappa shape index (κ1) is 17.2. The van der Waals surface area contributed by atoms with Crippen molar-refractivity contribution in [3.63, 3.8) is 0 Å². The molecule has 1 fully saturated rings. The van der Waals surface area contributed by atoms with Gasteiger partial charge in [-0.3, -0.25) is 9.59 Å². The highest BCUT2D eigenvalue weighted by Gasteiger charge is 2.47.